The molecule has 1 aromatic carbocycles. The molecule has 6 heteroatoms. The smallest absolute Gasteiger partial charge is 0.269 e. The maximum absolute atomic E-state index is 12.1. The van der Waals surface area contributed by atoms with E-state index in [2.05, 4.69) is 15.4 Å². The fraction of sp³-hybridized carbons (Fsp3) is 0.125. The van der Waals surface area contributed by atoms with Gasteiger partial charge in [-0.15, -0.1) is 0 Å². The third-order valence-electron chi connectivity index (χ3n) is 3.23. The second kappa shape index (κ2) is 6.17. The first kappa shape index (κ1) is 13.9. The predicted molar refractivity (Wildman–Crippen MR) is 82.6 cm³/mol. The first-order chi connectivity index (χ1) is 10.7. The van der Waals surface area contributed by atoms with E-state index in [1.165, 1.54) is 16.9 Å². The highest BCUT2D eigenvalue weighted by atomic mass is 16.2. The zero-order valence-electron chi connectivity index (χ0n) is 11.8. The Morgan fingerprint density at radius 3 is 2.82 bits per heavy atom. The van der Waals surface area contributed by atoms with Crippen LogP contribution in [0.5, 0.6) is 0 Å². The number of nitrogens with one attached hydrogen (secondary N) is 1. The molecule has 2 heterocycles. The van der Waals surface area contributed by atoms with Crippen molar-refractivity contribution in [3.63, 3.8) is 0 Å². The van der Waals surface area contributed by atoms with Crippen LogP contribution in [0.4, 0.5) is 0 Å². The van der Waals surface area contributed by atoms with Crippen molar-refractivity contribution in [1.29, 1.82) is 0 Å². The first-order valence-electron chi connectivity index (χ1n) is 6.90. The van der Waals surface area contributed by atoms with Gasteiger partial charge in [0.15, 0.2) is 0 Å². The zero-order chi connectivity index (χ0) is 15.4. The lowest BCUT2D eigenvalue weighted by molar-refractivity contribution is 0.0947. The Kier molecular flexibility index (Phi) is 3.91. The van der Waals surface area contributed by atoms with Gasteiger partial charge in [-0.3, -0.25) is 9.59 Å². The lowest BCUT2D eigenvalue weighted by Crippen LogP contribution is -2.31. The molecule has 2 aromatic heterocycles. The van der Waals surface area contributed by atoms with Crippen LogP contribution < -0.4 is 10.9 Å². The minimum atomic E-state index is -0.269. The number of hydrogen-bond donors (Lipinski definition) is 1. The molecule has 0 aliphatic carbocycles. The molecule has 0 saturated carbocycles. The fourth-order valence-corrected chi connectivity index (χ4v) is 2.11. The lowest BCUT2D eigenvalue weighted by Gasteiger charge is -2.06. The van der Waals surface area contributed by atoms with Crippen LogP contribution in [0.2, 0.25) is 0 Å². The van der Waals surface area contributed by atoms with Crippen LogP contribution >= 0.6 is 0 Å². The summed E-state index contributed by atoms with van der Waals surface area (Å²) in [5, 5.41) is 7.65. The van der Waals surface area contributed by atoms with Gasteiger partial charge in [-0.25, -0.2) is 9.67 Å². The number of fused-ring (bicyclic) bond motifs is 1. The Bertz CT molecular complexity index is 873. The van der Waals surface area contributed by atoms with E-state index in [0.717, 1.165) is 10.9 Å². The van der Waals surface area contributed by atoms with E-state index in [4.69, 9.17) is 0 Å². The van der Waals surface area contributed by atoms with Crippen molar-refractivity contribution in [3.05, 3.63) is 70.8 Å². The molecule has 0 fully saturated rings. The van der Waals surface area contributed by atoms with Crippen LogP contribution in [0.3, 0.4) is 0 Å². The maximum atomic E-state index is 12.1. The van der Waals surface area contributed by atoms with Gasteiger partial charge in [-0.05, 0) is 18.2 Å². The monoisotopic (exact) mass is 294 g/mol. The number of pyridine rings is 1. The number of rotatable bonds is 4. The molecule has 0 unspecified atom stereocenters. The number of amides is 1. The zero-order valence-corrected chi connectivity index (χ0v) is 11.8. The average molecular weight is 294 g/mol. The lowest BCUT2D eigenvalue weighted by atomic mass is 10.2. The van der Waals surface area contributed by atoms with Crippen molar-refractivity contribution in [2.45, 2.75) is 6.54 Å². The minimum Gasteiger partial charge on any atom is -0.349 e. The van der Waals surface area contributed by atoms with E-state index in [-0.39, 0.29) is 11.5 Å². The molecular weight excluding hydrogens is 280 g/mol. The summed E-state index contributed by atoms with van der Waals surface area (Å²) < 4.78 is 1.30. The molecule has 0 bridgehead atoms. The van der Waals surface area contributed by atoms with Gasteiger partial charge < -0.3 is 5.32 Å². The largest absolute Gasteiger partial charge is 0.349 e. The number of nitrogens with zero attached hydrogens (tertiary/aromatic N) is 3. The Balaban J connectivity index is 1.66. The number of benzene rings is 1. The number of para-hydroxylation sites is 1. The predicted octanol–water partition coefficient (Wildman–Crippen LogP) is 1.22. The molecule has 0 atom stereocenters. The van der Waals surface area contributed by atoms with Crippen molar-refractivity contribution in [2.75, 3.05) is 6.54 Å². The second-order valence-electron chi connectivity index (χ2n) is 4.73. The maximum Gasteiger partial charge on any atom is 0.269 e. The highest BCUT2D eigenvalue weighted by molar-refractivity contribution is 5.94. The van der Waals surface area contributed by atoms with E-state index < -0.39 is 0 Å². The summed E-state index contributed by atoms with van der Waals surface area (Å²) in [4.78, 5) is 27.9. The van der Waals surface area contributed by atoms with E-state index >= 15 is 0 Å². The van der Waals surface area contributed by atoms with E-state index in [1.54, 1.807) is 12.1 Å². The molecule has 1 amide bonds. The molecule has 0 aliphatic heterocycles. The van der Waals surface area contributed by atoms with Gasteiger partial charge in [0, 0.05) is 24.2 Å². The number of aromatic nitrogens is 3. The number of carbonyl (C=O) groups excluding carboxylic acids is 1. The summed E-state index contributed by atoms with van der Waals surface area (Å²) in [5.74, 6) is -0.269. The van der Waals surface area contributed by atoms with Crippen molar-refractivity contribution in [1.82, 2.24) is 20.1 Å². The SMILES string of the molecule is O=C(NCCn1ncccc1=O)c1ccc2ccccc2n1. The molecule has 6 nitrogen and oxygen atoms in total. The van der Waals surface area contributed by atoms with E-state index in [0.29, 0.717) is 18.8 Å². The summed E-state index contributed by atoms with van der Waals surface area (Å²) in [5.41, 5.74) is 0.934. The molecule has 110 valence electrons. The summed E-state index contributed by atoms with van der Waals surface area (Å²) in [6.45, 7) is 0.628. The third kappa shape index (κ3) is 3.01. The van der Waals surface area contributed by atoms with Crippen LogP contribution in [-0.2, 0) is 6.54 Å². The number of hydrogen-bond acceptors (Lipinski definition) is 4. The normalized spacial score (nSPS) is 10.5. The topological polar surface area (TPSA) is 76.9 Å². The molecule has 0 aliphatic rings. The van der Waals surface area contributed by atoms with Crippen molar-refractivity contribution in [2.24, 2.45) is 0 Å². The molecular formula is C16H14N4O2. The molecule has 0 spiro atoms. The van der Waals surface area contributed by atoms with Gasteiger partial charge in [0.1, 0.15) is 5.69 Å². The van der Waals surface area contributed by atoms with Crippen LogP contribution in [0.25, 0.3) is 10.9 Å². The highest BCUT2D eigenvalue weighted by Crippen LogP contribution is 2.11. The summed E-state index contributed by atoms with van der Waals surface area (Å²) >= 11 is 0. The Morgan fingerprint density at radius 1 is 1.09 bits per heavy atom. The molecule has 0 radical (unpaired) electrons. The van der Waals surface area contributed by atoms with Gasteiger partial charge in [-0.2, -0.15) is 5.10 Å². The van der Waals surface area contributed by atoms with Gasteiger partial charge >= 0.3 is 0 Å². The van der Waals surface area contributed by atoms with Gasteiger partial charge in [0.2, 0.25) is 0 Å². The van der Waals surface area contributed by atoms with Gasteiger partial charge in [-0.1, -0.05) is 24.3 Å². The summed E-state index contributed by atoms with van der Waals surface area (Å²) in [7, 11) is 0. The van der Waals surface area contributed by atoms with E-state index in [1.807, 2.05) is 30.3 Å². The summed E-state index contributed by atoms with van der Waals surface area (Å²) in [6, 6.07) is 14.2. The van der Waals surface area contributed by atoms with E-state index in [9.17, 15) is 9.59 Å². The molecule has 22 heavy (non-hydrogen) atoms. The van der Waals surface area contributed by atoms with Crippen molar-refractivity contribution in [3.8, 4) is 0 Å². The van der Waals surface area contributed by atoms with Gasteiger partial charge in [0.05, 0.1) is 12.1 Å². The van der Waals surface area contributed by atoms with Gasteiger partial charge in [0.25, 0.3) is 11.5 Å². The Morgan fingerprint density at radius 2 is 1.95 bits per heavy atom. The van der Waals surface area contributed by atoms with Crippen molar-refractivity contribution < 1.29 is 4.79 Å². The highest BCUT2D eigenvalue weighted by Gasteiger charge is 2.07. The molecule has 3 aromatic rings. The van der Waals surface area contributed by atoms with Crippen LogP contribution in [-0.4, -0.2) is 27.2 Å². The Labute approximate surface area is 126 Å². The Hall–Kier alpha value is -3.02. The van der Waals surface area contributed by atoms with Crippen LogP contribution in [0.15, 0.2) is 59.5 Å². The molecule has 1 N–H and O–H groups in total. The first-order valence-corrected chi connectivity index (χ1v) is 6.90. The second-order valence-corrected chi connectivity index (χ2v) is 4.73. The summed E-state index contributed by atoms with van der Waals surface area (Å²) in [6.07, 6.45) is 1.54. The van der Waals surface area contributed by atoms with Crippen molar-refractivity contribution >= 4 is 16.8 Å². The minimum absolute atomic E-state index is 0.194. The average Bonchev–Trinajstić information content (AvgIpc) is 2.56. The molecule has 3 rings (SSSR count). The molecule has 0 saturated heterocycles. The van der Waals surface area contributed by atoms with Crippen LogP contribution in [0, 0.1) is 0 Å². The fourth-order valence-electron chi connectivity index (χ4n) is 2.11. The quantitative estimate of drug-likeness (QED) is 0.785. The third-order valence-corrected chi connectivity index (χ3v) is 3.23. The standard InChI is InChI=1S/C16H14N4O2/c21-15-6-3-9-18-20(15)11-10-17-16(22)14-8-7-12-4-1-2-5-13(12)19-14/h1-9H,10-11H2,(H,17,22). The number of carbonyl (C=O) groups is 1. The van der Waals surface area contributed by atoms with Crippen LogP contribution in [0.1, 0.15) is 10.5 Å².